The molecule has 36 heavy (non-hydrogen) atoms. The number of rotatable bonds is 10. The predicted molar refractivity (Wildman–Crippen MR) is 132 cm³/mol. The molecule has 14 heteroatoms. The molecule has 0 saturated carbocycles. The van der Waals surface area contributed by atoms with Gasteiger partial charge in [-0.1, -0.05) is 24.3 Å². The van der Waals surface area contributed by atoms with Crippen molar-refractivity contribution < 1.29 is 35.9 Å². The molecule has 200 valence electrons. The summed E-state index contributed by atoms with van der Waals surface area (Å²) in [5, 5.41) is 10.0. The number of carbonyl (C=O) groups is 2. The number of carbonyl (C=O) groups excluding carboxylic acids is 2. The van der Waals surface area contributed by atoms with Crippen LogP contribution >= 0.6 is 0 Å². The molecule has 0 spiro atoms. The van der Waals surface area contributed by atoms with E-state index >= 15 is 0 Å². The summed E-state index contributed by atoms with van der Waals surface area (Å²) in [5.41, 5.74) is 12.4. The SMILES string of the molecule is COC(=O)C(CN)Cc1ccc(S(N)(=O)=O)cc1.COC(=O)C(CN)Cc1cccc(S(N)(=O)=O)c1. The number of esters is 2. The Balaban J connectivity index is 0.000000360. The fourth-order valence-electron chi connectivity index (χ4n) is 3.09. The maximum absolute atomic E-state index is 11.4. The van der Waals surface area contributed by atoms with Crippen LogP contribution in [0.25, 0.3) is 0 Å². The first-order valence-corrected chi connectivity index (χ1v) is 13.6. The molecule has 12 nitrogen and oxygen atoms in total. The van der Waals surface area contributed by atoms with Crippen molar-refractivity contribution in [3.05, 3.63) is 59.7 Å². The molecule has 0 bridgehead atoms. The van der Waals surface area contributed by atoms with E-state index in [1.165, 1.54) is 38.5 Å². The second-order valence-corrected chi connectivity index (χ2v) is 10.8. The number of benzene rings is 2. The van der Waals surface area contributed by atoms with Gasteiger partial charge in [-0.05, 0) is 48.2 Å². The van der Waals surface area contributed by atoms with Crippen LogP contribution in [0.1, 0.15) is 11.1 Å². The van der Waals surface area contributed by atoms with Crippen LogP contribution in [-0.4, -0.2) is 56.1 Å². The van der Waals surface area contributed by atoms with Gasteiger partial charge in [-0.15, -0.1) is 0 Å². The lowest BCUT2D eigenvalue weighted by molar-refractivity contribution is -0.145. The van der Waals surface area contributed by atoms with Crippen LogP contribution < -0.4 is 21.7 Å². The molecule has 0 aromatic heterocycles. The molecule has 0 aliphatic heterocycles. The molecule has 0 heterocycles. The molecule has 8 N–H and O–H groups in total. The van der Waals surface area contributed by atoms with E-state index < -0.39 is 37.9 Å². The highest BCUT2D eigenvalue weighted by atomic mass is 32.2. The summed E-state index contributed by atoms with van der Waals surface area (Å²) in [5.74, 6) is -1.73. The van der Waals surface area contributed by atoms with Gasteiger partial charge >= 0.3 is 11.9 Å². The average Bonchev–Trinajstić information content (AvgIpc) is 2.84. The molecule has 0 fully saturated rings. The monoisotopic (exact) mass is 544 g/mol. The van der Waals surface area contributed by atoms with Gasteiger partial charge in [-0.25, -0.2) is 27.1 Å². The largest absolute Gasteiger partial charge is 0.469 e. The molecule has 0 radical (unpaired) electrons. The number of nitrogens with two attached hydrogens (primary N) is 4. The van der Waals surface area contributed by atoms with Gasteiger partial charge in [-0.2, -0.15) is 0 Å². The van der Waals surface area contributed by atoms with E-state index in [1.54, 1.807) is 24.3 Å². The van der Waals surface area contributed by atoms with Crippen molar-refractivity contribution in [1.29, 1.82) is 0 Å². The number of primary sulfonamides is 2. The van der Waals surface area contributed by atoms with Crippen molar-refractivity contribution in [3.63, 3.8) is 0 Å². The number of ether oxygens (including phenoxy) is 2. The Labute approximate surface area is 211 Å². The Morgan fingerprint density at radius 3 is 1.56 bits per heavy atom. The van der Waals surface area contributed by atoms with Gasteiger partial charge in [0.2, 0.25) is 20.0 Å². The smallest absolute Gasteiger partial charge is 0.310 e. The second-order valence-electron chi connectivity index (χ2n) is 7.70. The van der Waals surface area contributed by atoms with Gasteiger partial charge in [0.15, 0.2) is 0 Å². The molecular weight excluding hydrogens is 512 g/mol. The molecule has 0 aliphatic carbocycles. The summed E-state index contributed by atoms with van der Waals surface area (Å²) >= 11 is 0. The third-order valence-corrected chi connectivity index (χ3v) is 6.92. The highest BCUT2D eigenvalue weighted by molar-refractivity contribution is 7.89. The zero-order valence-corrected chi connectivity index (χ0v) is 21.6. The van der Waals surface area contributed by atoms with E-state index in [0.29, 0.717) is 18.4 Å². The minimum Gasteiger partial charge on any atom is -0.469 e. The van der Waals surface area contributed by atoms with Crippen LogP contribution in [0, 0.1) is 11.8 Å². The fourth-order valence-corrected chi connectivity index (χ4v) is 4.19. The second kappa shape index (κ2) is 14.0. The summed E-state index contributed by atoms with van der Waals surface area (Å²) in [7, 11) is -4.85. The standard InChI is InChI=1S/2C11H16N2O4S/c1-17-11(14)9(7-12)6-8-2-4-10(5-3-8)18(13,15)16;1-17-11(14)9(7-12)5-8-3-2-4-10(6-8)18(13,15)16/h2-5,9H,6-7,12H2,1H3,(H2,13,15,16);2-4,6,9H,5,7,12H2,1H3,(H2,13,15,16). The minimum absolute atomic E-state index is 0.0145. The van der Waals surface area contributed by atoms with E-state index in [9.17, 15) is 26.4 Å². The molecule has 2 aromatic carbocycles. The highest BCUT2D eigenvalue weighted by Crippen LogP contribution is 2.15. The van der Waals surface area contributed by atoms with Gasteiger partial charge < -0.3 is 20.9 Å². The number of methoxy groups -OCH3 is 2. The number of hydrogen-bond acceptors (Lipinski definition) is 10. The van der Waals surface area contributed by atoms with Crippen LogP contribution in [0.5, 0.6) is 0 Å². The summed E-state index contributed by atoms with van der Waals surface area (Å²) in [4.78, 5) is 22.8. The van der Waals surface area contributed by atoms with Crippen LogP contribution in [0.4, 0.5) is 0 Å². The van der Waals surface area contributed by atoms with Gasteiger partial charge in [0.25, 0.3) is 0 Å². The molecule has 2 aromatic rings. The Hall–Kier alpha value is -2.88. The van der Waals surface area contributed by atoms with Crippen molar-refractivity contribution in [2.75, 3.05) is 27.3 Å². The fraction of sp³-hybridized carbons (Fsp3) is 0.364. The minimum atomic E-state index is -3.74. The molecule has 0 saturated heterocycles. The quantitative estimate of drug-likeness (QED) is 0.274. The molecule has 2 rings (SSSR count). The van der Waals surface area contributed by atoms with Gasteiger partial charge in [0, 0.05) is 13.1 Å². The Morgan fingerprint density at radius 1 is 0.722 bits per heavy atom. The lowest BCUT2D eigenvalue weighted by Gasteiger charge is -2.12. The zero-order valence-electron chi connectivity index (χ0n) is 20.0. The Morgan fingerprint density at radius 2 is 1.17 bits per heavy atom. The Bertz CT molecular complexity index is 1230. The average molecular weight is 545 g/mol. The Kier molecular flexibility index (Phi) is 12.1. The van der Waals surface area contributed by atoms with E-state index in [2.05, 4.69) is 9.47 Å². The summed E-state index contributed by atoms with van der Waals surface area (Å²) < 4.78 is 53.7. The predicted octanol–water partition coefficient (Wildman–Crippen LogP) is -0.751. The first kappa shape index (κ1) is 31.2. The lowest BCUT2D eigenvalue weighted by atomic mass is 10.00. The topological polar surface area (TPSA) is 225 Å². The van der Waals surface area contributed by atoms with Crippen LogP contribution in [0.2, 0.25) is 0 Å². The van der Waals surface area contributed by atoms with E-state index in [1.807, 2.05) is 0 Å². The molecule has 0 amide bonds. The highest BCUT2D eigenvalue weighted by Gasteiger charge is 2.19. The zero-order chi connectivity index (χ0) is 27.5. The normalized spacial score (nSPS) is 13.1. The van der Waals surface area contributed by atoms with Crippen LogP contribution in [0.15, 0.2) is 58.3 Å². The lowest BCUT2D eigenvalue weighted by Crippen LogP contribution is -2.27. The molecule has 2 atom stereocenters. The third kappa shape index (κ3) is 10.0. The van der Waals surface area contributed by atoms with E-state index in [4.69, 9.17) is 21.7 Å². The maximum Gasteiger partial charge on any atom is 0.310 e. The van der Waals surface area contributed by atoms with Crippen molar-refractivity contribution >= 4 is 32.0 Å². The number of hydrogen-bond donors (Lipinski definition) is 4. The first-order valence-electron chi connectivity index (χ1n) is 10.6. The van der Waals surface area contributed by atoms with Crippen molar-refractivity contribution in [2.45, 2.75) is 22.6 Å². The number of sulfonamides is 2. The van der Waals surface area contributed by atoms with E-state index in [-0.39, 0.29) is 28.8 Å². The third-order valence-electron chi connectivity index (χ3n) is 5.08. The summed E-state index contributed by atoms with van der Waals surface area (Å²) in [6.45, 7) is 0.301. The summed E-state index contributed by atoms with van der Waals surface area (Å²) in [6.07, 6.45) is 0.709. The van der Waals surface area contributed by atoms with Crippen molar-refractivity contribution in [1.82, 2.24) is 0 Å². The van der Waals surface area contributed by atoms with Gasteiger partial charge in [0.1, 0.15) is 0 Å². The summed E-state index contributed by atoms with van der Waals surface area (Å²) in [6, 6.07) is 12.1. The molecule has 0 aliphatic rings. The van der Waals surface area contributed by atoms with Gasteiger partial charge in [0.05, 0.1) is 35.8 Å². The van der Waals surface area contributed by atoms with Crippen LogP contribution in [-0.2, 0) is 52.0 Å². The van der Waals surface area contributed by atoms with Crippen molar-refractivity contribution in [3.8, 4) is 0 Å². The molecule has 2 unspecified atom stereocenters. The first-order chi connectivity index (χ1) is 16.8. The van der Waals surface area contributed by atoms with Crippen molar-refractivity contribution in [2.24, 2.45) is 33.6 Å². The van der Waals surface area contributed by atoms with E-state index in [0.717, 1.165) is 5.56 Å². The maximum atomic E-state index is 11.4. The van der Waals surface area contributed by atoms with Crippen LogP contribution in [0.3, 0.4) is 0 Å². The van der Waals surface area contributed by atoms with Gasteiger partial charge in [-0.3, -0.25) is 9.59 Å². The molecular formula is C22H32N4O8S2.